The first-order valence-corrected chi connectivity index (χ1v) is 1.13. The molecule has 0 spiro atoms. The molecular weight excluding hydrogens is 171 g/mol. The molecule has 5 heavy (non-hydrogen) atoms. The minimum Gasteiger partial charge on any atom is -0.394 e. The van der Waals surface area contributed by atoms with Crippen LogP contribution < -0.4 is 0 Å². The molecule has 0 saturated heterocycles. The molecule has 0 aromatic rings. The quantitative estimate of drug-likeness (QED) is 0.516. The maximum atomic E-state index is 7.62. The Morgan fingerprint density at radius 1 is 1.00 bits per heavy atom. The Labute approximate surface area is 49.6 Å². The Bertz CT molecular complexity index is 9.61. The van der Waals surface area contributed by atoms with Crippen molar-refractivity contribution in [1.29, 1.82) is 0 Å². The van der Waals surface area contributed by atoms with Gasteiger partial charge in [0.2, 0.25) is 0 Å². The van der Waals surface area contributed by atoms with E-state index >= 15 is 0 Å². The van der Waals surface area contributed by atoms with Gasteiger partial charge in [-0.05, 0) is 0 Å². The Hall–Kier alpha value is 0.790. The van der Waals surface area contributed by atoms with Crippen molar-refractivity contribution in [3.63, 3.8) is 0 Å². The van der Waals surface area contributed by atoms with Crippen LogP contribution in [0.15, 0.2) is 0 Å². The predicted octanol–water partition coefficient (Wildman–Crippen LogP) is -1.41. The fourth-order valence-electron chi connectivity index (χ4n) is 0. The Balaban J connectivity index is 0. The monoisotopic (exact) mass is 177 g/mol. The number of hydrogen-bond acceptors (Lipinski definition) is 2. The molecule has 2 nitrogen and oxygen atoms in total. The van der Waals surface area contributed by atoms with Gasteiger partial charge in [-0.2, -0.15) is 0 Å². The van der Waals surface area contributed by atoms with Crippen LogP contribution in [-0.2, 0) is 0 Å². The minimum atomic E-state index is -0.125. The second-order valence-corrected chi connectivity index (χ2v) is 0.447. The maximum absolute atomic E-state index is 7.62. The minimum absolute atomic E-state index is 0. The van der Waals surface area contributed by atoms with Crippen LogP contribution in [0.1, 0.15) is 0 Å². The van der Waals surface area contributed by atoms with E-state index in [0.29, 0.717) is 0 Å². The van der Waals surface area contributed by atoms with Gasteiger partial charge in [-0.15, -0.1) is 0 Å². The van der Waals surface area contributed by atoms with Gasteiger partial charge in [-0.25, -0.2) is 0 Å². The molecule has 0 unspecified atom stereocenters. The van der Waals surface area contributed by atoms with E-state index in [9.17, 15) is 0 Å². The van der Waals surface area contributed by atoms with Crippen molar-refractivity contribution >= 4 is 25.8 Å². The summed E-state index contributed by atoms with van der Waals surface area (Å²) in [6, 6.07) is 0. The van der Waals surface area contributed by atoms with E-state index in [4.69, 9.17) is 10.2 Å². The fraction of sp³-hybridized carbons (Fsp3) is 1.00. The van der Waals surface area contributed by atoms with Crippen molar-refractivity contribution in [2.75, 3.05) is 13.2 Å². The first-order chi connectivity index (χ1) is 1.91. The van der Waals surface area contributed by atoms with E-state index in [2.05, 4.69) is 0 Å². The number of hydrogen-bond donors (Lipinski definition) is 2. The molecule has 0 rings (SSSR count). The summed E-state index contributed by atoms with van der Waals surface area (Å²) in [5.41, 5.74) is 0. The molecule has 0 heterocycles. The molecule has 29 valence electrons. The zero-order chi connectivity index (χ0) is 3.41. The SMILES string of the molecule is OCCO.[In]. The second kappa shape index (κ2) is 8.84. The van der Waals surface area contributed by atoms with Gasteiger partial charge in [-0.1, -0.05) is 0 Å². The van der Waals surface area contributed by atoms with Gasteiger partial charge in [0.05, 0.1) is 13.2 Å². The molecule has 0 saturated carbocycles. The summed E-state index contributed by atoms with van der Waals surface area (Å²) < 4.78 is 0. The van der Waals surface area contributed by atoms with Gasteiger partial charge in [0, 0.05) is 25.8 Å². The molecule has 0 bridgehead atoms. The third-order valence-corrected chi connectivity index (χ3v) is 0.1000. The predicted molar refractivity (Wildman–Crippen MR) is 19.9 cm³/mol. The molecule has 0 aliphatic carbocycles. The fourth-order valence-corrected chi connectivity index (χ4v) is 0. The largest absolute Gasteiger partial charge is 0.394 e. The molecule has 0 aliphatic rings. The van der Waals surface area contributed by atoms with Crippen LogP contribution in [0.3, 0.4) is 0 Å². The van der Waals surface area contributed by atoms with Crippen molar-refractivity contribution in [3.05, 3.63) is 0 Å². The molecule has 3 radical (unpaired) electrons. The van der Waals surface area contributed by atoms with Crippen LogP contribution >= 0.6 is 0 Å². The third-order valence-electron chi connectivity index (χ3n) is 0.1000. The van der Waals surface area contributed by atoms with E-state index < -0.39 is 0 Å². The van der Waals surface area contributed by atoms with Crippen molar-refractivity contribution < 1.29 is 10.2 Å². The van der Waals surface area contributed by atoms with Gasteiger partial charge >= 0.3 is 0 Å². The summed E-state index contributed by atoms with van der Waals surface area (Å²) in [7, 11) is 0. The van der Waals surface area contributed by atoms with E-state index in [-0.39, 0.29) is 39.1 Å². The van der Waals surface area contributed by atoms with Crippen molar-refractivity contribution in [2.24, 2.45) is 0 Å². The topological polar surface area (TPSA) is 40.5 Å². The number of aliphatic hydroxyl groups excluding tert-OH is 2. The van der Waals surface area contributed by atoms with E-state index in [1.54, 1.807) is 0 Å². The van der Waals surface area contributed by atoms with Crippen LogP contribution in [0.2, 0.25) is 0 Å². The van der Waals surface area contributed by atoms with Gasteiger partial charge in [0.1, 0.15) is 0 Å². The maximum Gasteiger partial charge on any atom is 0.0662 e. The molecule has 0 aromatic heterocycles. The smallest absolute Gasteiger partial charge is 0.0662 e. The third kappa shape index (κ3) is 11.6. The normalized spacial score (nSPS) is 6.00. The molecule has 0 fully saturated rings. The first kappa shape index (κ1) is 9.25. The molecule has 0 aromatic carbocycles. The standard InChI is InChI=1S/C2H6O2.In/c3-1-2-4;/h3-4H,1-2H2;. The average Bonchev–Trinajstić information content (AvgIpc) is 1.37. The summed E-state index contributed by atoms with van der Waals surface area (Å²) in [6.45, 7) is -0.250. The van der Waals surface area contributed by atoms with Crippen LogP contribution in [-0.4, -0.2) is 49.3 Å². The molecular formula is C2H6InO2. The second-order valence-electron chi connectivity index (χ2n) is 0.447. The zero-order valence-corrected chi connectivity index (χ0v) is 6.18. The van der Waals surface area contributed by atoms with E-state index in [0.717, 1.165) is 0 Å². The van der Waals surface area contributed by atoms with E-state index in [1.165, 1.54) is 0 Å². The summed E-state index contributed by atoms with van der Waals surface area (Å²) in [5, 5.41) is 15.2. The summed E-state index contributed by atoms with van der Waals surface area (Å²) in [5.74, 6) is 0. The Morgan fingerprint density at radius 3 is 1.20 bits per heavy atom. The first-order valence-electron chi connectivity index (χ1n) is 1.13. The van der Waals surface area contributed by atoms with Gasteiger partial charge in [0.15, 0.2) is 0 Å². The van der Waals surface area contributed by atoms with Crippen molar-refractivity contribution in [3.8, 4) is 0 Å². The van der Waals surface area contributed by atoms with Gasteiger partial charge in [0.25, 0.3) is 0 Å². The molecule has 0 aliphatic heterocycles. The Morgan fingerprint density at radius 2 is 1.20 bits per heavy atom. The summed E-state index contributed by atoms with van der Waals surface area (Å²) in [6.07, 6.45) is 0. The summed E-state index contributed by atoms with van der Waals surface area (Å²) in [4.78, 5) is 0. The van der Waals surface area contributed by atoms with Crippen LogP contribution in [0, 0.1) is 0 Å². The molecule has 2 N–H and O–H groups in total. The molecule has 3 heteroatoms. The van der Waals surface area contributed by atoms with Gasteiger partial charge < -0.3 is 10.2 Å². The Kier molecular flexibility index (Phi) is 16.3. The van der Waals surface area contributed by atoms with E-state index in [1.807, 2.05) is 0 Å². The number of aliphatic hydroxyl groups is 2. The average molecular weight is 177 g/mol. The van der Waals surface area contributed by atoms with Gasteiger partial charge in [-0.3, -0.25) is 0 Å². The van der Waals surface area contributed by atoms with Crippen molar-refractivity contribution in [1.82, 2.24) is 0 Å². The van der Waals surface area contributed by atoms with Crippen molar-refractivity contribution in [2.45, 2.75) is 0 Å². The van der Waals surface area contributed by atoms with Crippen LogP contribution in [0.4, 0.5) is 0 Å². The summed E-state index contributed by atoms with van der Waals surface area (Å²) >= 11 is 0. The van der Waals surface area contributed by atoms with Crippen LogP contribution in [0.5, 0.6) is 0 Å². The number of rotatable bonds is 1. The molecule has 0 amide bonds. The van der Waals surface area contributed by atoms with Crippen LogP contribution in [0.25, 0.3) is 0 Å². The zero-order valence-electron chi connectivity index (χ0n) is 2.89. The molecule has 0 atom stereocenters.